The van der Waals surface area contributed by atoms with E-state index < -0.39 is 5.97 Å². The molecule has 1 aromatic carbocycles. The normalized spacial score (nSPS) is 22.0. The summed E-state index contributed by atoms with van der Waals surface area (Å²) >= 11 is 1.33. The molecule has 1 N–H and O–H groups in total. The Hall–Kier alpha value is -1.49. The minimum absolute atomic E-state index is 0.0601. The van der Waals surface area contributed by atoms with Gasteiger partial charge in [0.15, 0.2) is 5.16 Å². The number of benzene rings is 1. The Bertz CT molecular complexity index is 680. The van der Waals surface area contributed by atoms with Crippen molar-refractivity contribution in [3.05, 3.63) is 23.8 Å². The number of carboxylic acid groups (broad SMARTS) is 1. The van der Waals surface area contributed by atoms with E-state index in [1.54, 1.807) is 0 Å². The summed E-state index contributed by atoms with van der Waals surface area (Å²) in [5, 5.41) is 9.78. The van der Waals surface area contributed by atoms with Gasteiger partial charge in [-0.25, -0.2) is 4.98 Å². The van der Waals surface area contributed by atoms with Crippen LogP contribution in [0.3, 0.4) is 0 Å². The predicted molar refractivity (Wildman–Crippen MR) is 84.9 cm³/mol. The Morgan fingerprint density at radius 1 is 1.48 bits per heavy atom. The summed E-state index contributed by atoms with van der Waals surface area (Å²) in [4.78, 5) is 15.5. The van der Waals surface area contributed by atoms with Crippen LogP contribution in [-0.4, -0.2) is 26.4 Å². The van der Waals surface area contributed by atoms with Crippen LogP contribution in [0.1, 0.15) is 37.8 Å². The van der Waals surface area contributed by atoms with Gasteiger partial charge < -0.3 is 9.67 Å². The fourth-order valence-corrected chi connectivity index (χ4v) is 3.98. The topological polar surface area (TPSA) is 55.1 Å². The van der Waals surface area contributed by atoms with Gasteiger partial charge in [-0.1, -0.05) is 24.8 Å². The lowest BCUT2D eigenvalue weighted by molar-refractivity contribution is -0.133. The third kappa shape index (κ3) is 2.93. The van der Waals surface area contributed by atoms with Crippen LogP contribution in [0.4, 0.5) is 0 Å². The molecule has 0 spiro atoms. The fourth-order valence-electron chi connectivity index (χ4n) is 3.17. The lowest BCUT2D eigenvalue weighted by Gasteiger charge is -2.16. The maximum Gasteiger partial charge on any atom is 0.313 e. The first-order chi connectivity index (χ1) is 10.0. The van der Waals surface area contributed by atoms with Crippen LogP contribution >= 0.6 is 11.8 Å². The minimum Gasteiger partial charge on any atom is -0.481 e. The van der Waals surface area contributed by atoms with E-state index in [-0.39, 0.29) is 5.75 Å². The number of hydrogen-bond donors (Lipinski definition) is 1. The summed E-state index contributed by atoms with van der Waals surface area (Å²) in [5.74, 6) is -0.00550. The van der Waals surface area contributed by atoms with Gasteiger partial charge in [-0.3, -0.25) is 4.79 Å². The largest absolute Gasteiger partial charge is 0.481 e. The number of aromatic nitrogens is 2. The van der Waals surface area contributed by atoms with Gasteiger partial charge >= 0.3 is 5.97 Å². The van der Waals surface area contributed by atoms with Crippen molar-refractivity contribution in [2.24, 2.45) is 5.92 Å². The number of imidazole rings is 1. The molecule has 2 aromatic rings. The van der Waals surface area contributed by atoms with E-state index in [0.717, 1.165) is 34.9 Å². The molecule has 0 bridgehead atoms. The summed E-state index contributed by atoms with van der Waals surface area (Å²) in [7, 11) is 0. The summed E-state index contributed by atoms with van der Waals surface area (Å²) in [6.07, 6.45) is 3.54. The maximum absolute atomic E-state index is 10.9. The zero-order valence-corrected chi connectivity index (χ0v) is 13.2. The number of aliphatic carboxylic acids is 1. The number of carboxylic acids is 1. The van der Waals surface area contributed by atoms with Gasteiger partial charge in [-0.15, -0.1) is 0 Å². The molecule has 0 radical (unpaired) electrons. The Kier molecular flexibility index (Phi) is 3.93. The quantitative estimate of drug-likeness (QED) is 0.871. The van der Waals surface area contributed by atoms with E-state index in [9.17, 15) is 4.79 Å². The number of hydrogen-bond acceptors (Lipinski definition) is 3. The Labute approximate surface area is 128 Å². The molecule has 1 aliphatic rings. The van der Waals surface area contributed by atoms with Crippen LogP contribution in [0, 0.1) is 12.8 Å². The zero-order chi connectivity index (χ0) is 15.0. The molecule has 0 amide bonds. The second-order valence-corrected chi connectivity index (χ2v) is 6.95. The van der Waals surface area contributed by atoms with Crippen LogP contribution < -0.4 is 0 Å². The smallest absolute Gasteiger partial charge is 0.313 e. The first kappa shape index (κ1) is 14.4. The summed E-state index contributed by atoms with van der Waals surface area (Å²) < 4.78 is 2.28. The van der Waals surface area contributed by atoms with Crippen LogP contribution in [0.2, 0.25) is 0 Å². The lowest BCUT2D eigenvalue weighted by atomic mass is 10.1. The molecule has 1 saturated carbocycles. The molecular weight excluding hydrogens is 284 g/mol. The number of nitrogens with zero attached hydrogens (tertiary/aromatic N) is 2. The van der Waals surface area contributed by atoms with Gasteiger partial charge in [-0.2, -0.15) is 0 Å². The first-order valence-electron chi connectivity index (χ1n) is 7.38. The predicted octanol–water partition coefficient (Wildman–Crippen LogP) is 3.88. The first-order valence-corrected chi connectivity index (χ1v) is 8.36. The molecule has 112 valence electrons. The average molecular weight is 304 g/mol. The Balaban J connectivity index is 2.05. The molecule has 1 heterocycles. The second kappa shape index (κ2) is 5.72. The molecule has 5 heteroatoms. The molecule has 0 aliphatic heterocycles. The van der Waals surface area contributed by atoms with Gasteiger partial charge in [0.1, 0.15) is 0 Å². The van der Waals surface area contributed by atoms with E-state index in [4.69, 9.17) is 5.11 Å². The molecule has 1 aliphatic carbocycles. The monoisotopic (exact) mass is 304 g/mol. The van der Waals surface area contributed by atoms with Crippen LogP contribution in [0.15, 0.2) is 23.4 Å². The highest BCUT2D eigenvalue weighted by atomic mass is 32.2. The summed E-state index contributed by atoms with van der Waals surface area (Å²) in [6, 6.07) is 6.70. The van der Waals surface area contributed by atoms with E-state index in [0.29, 0.717) is 6.04 Å². The molecule has 2 unspecified atom stereocenters. The highest BCUT2D eigenvalue weighted by Gasteiger charge is 2.27. The minimum atomic E-state index is -0.797. The van der Waals surface area contributed by atoms with Crippen LogP contribution in [0.25, 0.3) is 11.0 Å². The third-order valence-corrected chi connectivity index (χ3v) is 5.11. The fraction of sp³-hybridized carbons (Fsp3) is 0.500. The van der Waals surface area contributed by atoms with E-state index in [1.165, 1.54) is 23.7 Å². The van der Waals surface area contributed by atoms with Crippen molar-refractivity contribution < 1.29 is 9.90 Å². The molecule has 4 nitrogen and oxygen atoms in total. The highest BCUT2D eigenvalue weighted by molar-refractivity contribution is 7.99. The van der Waals surface area contributed by atoms with Crippen LogP contribution in [-0.2, 0) is 4.79 Å². The molecule has 0 saturated heterocycles. The molecule has 2 atom stereocenters. The average Bonchev–Trinajstić information content (AvgIpc) is 2.99. The summed E-state index contributed by atoms with van der Waals surface area (Å²) in [5.41, 5.74) is 3.32. The van der Waals surface area contributed by atoms with E-state index in [2.05, 4.69) is 35.5 Å². The van der Waals surface area contributed by atoms with Gasteiger partial charge in [0.2, 0.25) is 0 Å². The lowest BCUT2D eigenvalue weighted by Crippen LogP contribution is -2.08. The van der Waals surface area contributed by atoms with Crippen molar-refractivity contribution in [1.82, 2.24) is 9.55 Å². The van der Waals surface area contributed by atoms with Crippen molar-refractivity contribution in [1.29, 1.82) is 0 Å². The van der Waals surface area contributed by atoms with Gasteiger partial charge in [0, 0.05) is 6.04 Å². The van der Waals surface area contributed by atoms with E-state index in [1.807, 2.05) is 6.07 Å². The number of fused-ring (bicyclic) bond motifs is 1. The zero-order valence-electron chi connectivity index (χ0n) is 12.4. The van der Waals surface area contributed by atoms with Gasteiger partial charge in [0.05, 0.1) is 16.8 Å². The van der Waals surface area contributed by atoms with Gasteiger partial charge in [0.25, 0.3) is 0 Å². The second-order valence-electron chi connectivity index (χ2n) is 6.01. The highest BCUT2D eigenvalue weighted by Crippen LogP contribution is 2.39. The Morgan fingerprint density at radius 3 is 2.95 bits per heavy atom. The van der Waals surface area contributed by atoms with Crippen LogP contribution in [0.5, 0.6) is 0 Å². The summed E-state index contributed by atoms with van der Waals surface area (Å²) in [6.45, 7) is 4.37. The molecule has 1 aromatic heterocycles. The number of aryl methyl sites for hydroxylation is 1. The molecule has 21 heavy (non-hydrogen) atoms. The Morgan fingerprint density at radius 2 is 2.29 bits per heavy atom. The van der Waals surface area contributed by atoms with E-state index >= 15 is 0 Å². The standard InChI is InChI=1S/C16H20N2O2S/c1-10-3-5-12(7-10)18-14-8-11(2)4-6-13(14)17-16(18)21-9-15(19)20/h4,6,8,10,12H,3,5,7,9H2,1-2H3,(H,19,20). The van der Waals surface area contributed by atoms with Crippen molar-refractivity contribution in [3.63, 3.8) is 0 Å². The van der Waals surface area contributed by atoms with Crippen molar-refractivity contribution >= 4 is 28.8 Å². The van der Waals surface area contributed by atoms with Gasteiger partial charge in [-0.05, 0) is 49.8 Å². The molecule has 3 rings (SSSR count). The SMILES string of the molecule is Cc1ccc2nc(SCC(=O)O)n(C3CCC(C)C3)c2c1. The maximum atomic E-state index is 10.9. The van der Waals surface area contributed by atoms with Crippen molar-refractivity contribution in [2.75, 3.05) is 5.75 Å². The van der Waals surface area contributed by atoms with Crippen molar-refractivity contribution in [2.45, 2.75) is 44.3 Å². The molecule has 1 fully saturated rings. The molecular formula is C16H20N2O2S. The number of thioether (sulfide) groups is 1. The number of rotatable bonds is 4. The number of carbonyl (C=O) groups is 1. The van der Waals surface area contributed by atoms with Crippen molar-refractivity contribution in [3.8, 4) is 0 Å². The third-order valence-electron chi connectivity index (χ3n) is 4.17.